The van der Waals surface area contributed by atoms with Gasteiger partial charge in [-0.2, -0.15) is 0 Å². The molecule has 126 valence electrons. The molecule has 0 atom stereocenters. The largest absolute Gasteiger partial charge is 0.367 e. The molecule has 0 saturated carbocycles. The molecule has 25 heavy (non-hydrogen) atoms. The molecule has 4 aromatic rings. The van der Waals surface area contributed by atoms with Gasteiger partial charge in [0.15, 0.2) is 11.6 Å². The molecule has 0 spiro atoms. The van der Waals surface area contributed by atoms with Gasteiger partial charge in [-0.3, -0.25) is 4.98 Å². The van der Waals surface area contributed by atoms with E-state index < -0.39 is 0 Å². The van der Waals surface area contributed by atoms with Gasteiger partial charge in [-0.05, 0) is 33.9 Å². The number of nitrogens with zero attached hydrogens (tertiary/aromatic N) is 5. The van der Waals surface area contributed by atoms with Gasteiger partial charge in [0.05, 0.1) is 6.54 Å². The van der Waals surface area contributed by atoms with Crippen LogP contribution in [0.15, 0.2) is 46.5 Å². The van der Waals surface area contributed by atoms with E-state index in [9.17, 15) is 0 Å². The highest BCUT2D eigenvalue weighted by Crippen LogP contribution is 2.21. The van der Waals surface area contributed by atoms with Crippen molar-refractivity contribution in [1.29, 1.82) is 0 Å². The molecular formula is C16H15N7OS. The lowest BCUT2D eigenvalue weighted by Gasteiger charge is -2.11. The first-order chi connectivity index (χ1) is 12.4. The number of hydrogen-bond acceptors (Lipinski definition) is 9. The molecule has 0 saturated heterocycles. The van der Waals surface area contributed by atoms with Crippen LogP contribution >= 0.6 is 11.3 Å². The predicted molar refractivity (Wildman–Crippen MR) is 95.5 cm³/mol. The standard InChI is InChI=1S/C16H15N7OS/c1-2-7-17-11(4-1)6-8-18-13-14(19-10-12-5-3-9-25-12)21-16-15(20-13)22-24-23-16/h1-5,7,9H,6,8,10H2,(H,18,20,22)(H,19,21,23). The highest BCUT2D eigenvalue weighted by molar-refractivity contribution is 7.09. The number of aromatic nitrogens is 5. The Morgan fingerprint density at radius 2 is 1.80 bits per heavy atom. The first-order valence-corrected chi connectivity index (χ1v) is 8.67. The fourth-order valence-corrected chi connectivity index (χ4v) is 2.97. The monoisotopic (exact) mass is 353 g/mol. The van der Waals surface area contributed by atoms with Crippen LogP contribution in [-0.2, 0) is 13.0 Å². The zero-order valence-corrected chi connectivity index (χ0v) is 14.0. The quantitative estimate of drug-likeness (QED) is 0.523. The zero-order valence-electron chi connectivity index (χ0n) is 13.2. The average molecular weight is 353 g/mol. The lowest BCUT2D eigenvalue weighted by molar-refractivity contribution is 0.314. The van der Waals surface area contributed by atoms with Crippen molar-refractivity contribution in [3.05, 3.63) is 52.5 Å². The van der Waals surface area contributed by atoms with E-state index in [0.717, 1.165) is 12.1 Å². The lowest BCUT2D eigenvalue weighted by atomic mass is 10.3. The summed E-state index contributed by atoms with van der Waals surface area (Å²) in [5.41, 5.74) is 1.77. The lowest BCUT2D eigenvalue weighted by Crippen LogP contribution is -2.11. The molecule has 0 aromatic carbocycles. The number of pyridine rings is 1. The van der Waals surface area contributed by atoms with Gasteiger partial charge in [0, 0.05) is 29.7 Å². The molecule has 0 aliphatic rings. The number of fused-ring (bicyclic) bond motifs is 1. The van der Waals surface area contributed by atoms with Crippen LogP contribution in [0.1, 0.15) is 10.6 Å². The first-order valence-electron chi connectivity index (χ1n) is 7.79. The molecule has 0 radical (unpaired) electrons. The van der Waals surface area contributed by atoms with Crippen LogP contribution in [0.2, 0.25) is 0 Å². The molecule has 8 nitrogen and oxygen atoms in total. The molecule has 0 bridgehead atoms. The summed E-state index contributed by atoms with van der Waals surface area (Å²) in [6.45, 7) is 1.34. The number of rotatable bonds is 7. The number of anilines is 2. The normalized spacial score (nSPS) is 10.9. The molecule has 4 aromatic heterocycles. The van der Waals surface area contributed by atoms with Gasteiger partial charge >= 0.3 is 0 Å². The Morgan fingerprint density at radius 3 is 2.52 bits per heavy atom. The van der Waals surface area contributed by atoms with Crippen molar-refractivity contribution in [3.63, 3.8) is 0 Å². The van der Waals surface area contributed by atoms with Crippen LogP contribution in [0.3, 0.4) is 0 Å². The molecule has 0 amide bonds. The zero-order chi connectivity index (χ0) is 16.9. The van der Waals surface area contributed by atoms with Gasteiger partial charge in [-0.15, -0.1) is 11.3 Å². The molecule has 0 aliphatic carbocycles. The third kappa shape index (κ3) is 3.72. The van der Waals surface area contributed by atoms with Crippen molar-refractivity contribution < 1.29 is 4.63 Å². The van der Waals surface area contributed by atoms with Crippen LogP contribution in [0, 0.1) is 0 Å². The fourth-order valence-electron chi connectivity index (χ4n) is 2.32. The van der Waals surface area contributed by atoms with Gasteiger partial charge in [-0.25, -0.2) is 14.6 Å². The predicted octanol–water partition coefficient (Wildman–Crippen LogP) is 2.74. The van der Waals surface area contributed by atoms with Crippen molar-refractivity contribution in [3.8, 4) is 0 Å². The van der Waals surface area contributed by atoms with E-state index in [1.54, 1.807) is 17.5 Å². The topological polar surface area (TPSA) is 102 Å². The van der Waals surface area contributed by atoms with Crippen LogP contribution in [0.5, 0.6) is 0 Å². The summed E-state index contributed by atoms with van der Waals surface area (Å²) in [5.74, 6) is 1.24. The highest BCUT2D eigenvalue weighted by atomic mass is 32.1. The minimum absolute atomic E-state index is 0.377. The Hall–Kier alpha value is -3.07. The number of hydrogen-bond donors (Lipinski definition) is 2. The fraction of sp³-hybridized carbons (Fsp3) is 0.188. The van der Waals surface area contributed by atoms with Crippen LogP contribution in [0.25, 0.3) is 11.3 Å². The molecule has 4 rings (SSSR count). The van der Waals surface area contributed by atoms with Crippen molar-refractivity contribution in [1.82, 2.24) is 25.3 Å². The second-order valence-corrected chi connectivity index (χ2v) is 6.30. The van der Waals surface area contributed by atoms with Crippen LogP contribution < -0.4 is 10.6 Å². The molecule has 0 unspecified atom stereocenters. The summed E-state index contributed by atoms with van der Waals surface area (Å²) in [6.07, 6.45) is 2.57. The Bertz CT molecular complexity index is 940. The average Bonchev–Trinajstić information content (AvgIpc) is 3.32. The summed E-state index contributed by atoms with van der Waals surface area (Å²) >= 11 is 1.68. The van der Waals surface area contributed by atoms with Crippen LogP contribution in [0.4, 0.5) is 11.6 Å². The maximum Gasteiger partial charge on any atom is 0.245 e. The second kappa shape index (κ2) is 7.22. The van der Waals surface area contributed by atoms with Crippen molar-refractivity contribution >= 4 is 34.3 Å². The minimum Gasteiger partial charge on any atom is -0.367 e. The highest BCUT2D eigenvalue weighted by Gasteiger charge is 2.12. The summed E-state index contributed by atoms with van der Waals surface area (Å²) in [6, 6.07) is 9.96. The Labute approximate surface area is 147 Å². The minimum atomic E-state index is 0.377. The van der Waals surface area contributed by atoms with Gasteiger partial charge in [0.25, 0.3) is 0 Å². The van der Waals surface area contributed by atoms with E-state index in [4.69, 9.17) is 4.63 Å². The van der Waals surface area contributed by atoms with Crippen molar-refractivity contribution in [2.75, 3.05) is 17.2 Å². The van der Waals surface area contributed by atoms with Crippen molar-refractivity contribution in [2.45, 2.75) is 13.0 Å². The summed E-state index contributed by atoms with van der Waals surface area (Å²) in [7, 11) is 0. The summed E-state index contributed by atoms with van der Waals surface area (Å²) < 4.78 is 4.71. The van der Waals surface area contributed by atoms with Crippen molar-refractivity contribution in [2.24, 2.45) is 0 Å². The number of nitrogens with one attached hydrogen (secondary N) is 2. The molecule has 4 heterocycles. The SMILES string of the molecule is c1ccc(CCNc2nc3nonc3nc2NCc2cccs2)nc1. The van der Waals surface area contributed by atoms with Gasteiger partial charge in [0.2, 0.25) is 11.3 Å². The molecule has 0 fully saturated rings. The van der Waals surface area contributed by atoms with Gasteiger partial charge in [-0.1, -0.05) is 12.1 Å². The Balaban J connectivity index is 1.49. The van der Waals surface area contributed by atoms with Crippen LogP contribution in [-0.4, -0.2) is 31.8 Å². The molecular weight excluding hydrogens is 338 g/mol. The molecule has 2 N–H and O–H groups in total. The third-order valence-corrected chi connectivity index (χ3v) is 4.40. The van der Waals surface area contributed by atoms with E-state index in [1.165, 1.54) is 4.88 Å². The first kappa shape index (κ1) is 15.5. The van der Waals surface area contributed by atoms with E-state index in [1.807, 2.05) is 29.6 Å². The molecule has 9 heteroatoms. The third-order valence-electron chi connectivity index (χ3n) is 3.52. The summed E-state index contributed by atoms with van der Waals surface area (Å²) in [5, 5.41) is 16.1. The Kier molecular flexibility index (Phi) is 4.46. The maximum absolute atomic E-state index is 4.71. The Morgan fingerprint density at radius 1 is 0.960 bits per heavy atom. The van der Waals surface area contributed by atoms with E-state index in [0.29, 0.717) is 36.0 Å². The smallest absolute Gasteiger partial charge is 0.245 e. The van der Waals surface area contributed by atoms with Gasteiger partial charge < -0.3 is 10.6 Å². The molecule has 0 aliphatic heterocycles. The van der Waals surface area contributed by atoms with Gasteiger partial charge in [0.1, 0.15) is 0 Å². The van der Waals surface area contributed by atoms with E-state index in [2.05, 4.69) is 42.0 Å². The van der Waals surface area contributed by atoms with E-state index >= 15 is 0 Å². The van der Waals surface area contributed by atoms with E-state index in [-0.39, 0.29) is 0 Å². The number of thiophene rings is 1. The second-order valence-electron chi connectivity index (χ2n) is 5.26. The summed E-state index contributed by atoms with van der Waals surface area (Å²) in [4.78, 5) is 14.4. The maximum atomic E-state index is 4.71.